The van der Waals surface area contributed by atoms with Gasteiger partial charge in [-0.1, -0.05) is 11.3 Å². The quantitative estimate of drug-likeness (QED) is 0.442. The van der Waals surface area contributed by atoms with Crippen LogP contribution in [0.5, 0.6) is 0 Å². The molecule has 1 aliphatic heterocycles. The molecule has 1 unspecified atom stereocenters. The molecule has 1 fully saturated rings. The van der Waals surface area contributed by atoms with Gasteiger partial charge in [0.1, 0.15) is 16.2 Å². The van der Waals surface area contributed by atoms with Gasteiger partial charge in [-0.05, 0) is 37.3 Å². The first-order valence-electron chi connectivity index (χ1n) is 11.1. The fourth-order valence-electron chi connectivity index (χ4n) is 4.17. The van der Waals surface area contributed by atoms with Gasteiger partial charge in [-0.15, -0.1) is 0 Å². The molecule has 1 atom stereocenters. The zero-order chi connectivity index (χ0) is 22.6. The van der Waals surface area contributed by atoms with Crippen molar-refractivity contribution < 1.29 is 4.74 Å². The van der Waals surface area contributed by atoms with E-state index in [1.54, 1.807) is 19.5 Å². The van der Waals surface area contributed by atoms with E-state index in [0.717, 1.165) is 65.3 Å². The monoisotopic (exact) mass is 461 g/mol. The largest absolute Gasteiger partial charge is 0.383 e. The summed E-state index contributed by atoms with van der Waals surface area (Å²) in [5.41, 5.74) is 4.00. The van der Waals surface area contributed by atoms with Crippen molar-refractivity contribution in [3.05, 3.63) is 55.0 Å². The molecule has 0 aromatic carbocycles. The number of hydrogen-bond donors (Lipinski definition) is 1. The topological polar surface area (TPSA) is 79.3 Å². The van der Waals surface area contributed by atoms with Crippen LogP contribution in [0.25, 0.3) is 21.6 Å². The molecule has 4 aromatic heterocycles. The molecular weight excluding hydrogens is 434 g/mol. The molecular formula is C24H27N7OS. The van der Waals surface area contributed by atoms with Gasteiger partial charge in [0, 0.05) is 75.2 Å². The van der Waals surface area contributed by atoms with Crippen molar-refractivity contribution in [3.63, 3.8) is 0 Å². The fourth-order valence-corrected chi connectivity index (χ4v) is 5.02. The third-order valence-corrected chi connectivity index (χ3v) is 6.75. The van der Waals surface area contributed by atoms with Gasteiger partial charge in [-0.3, -0.25) is 9.88 Å². The lowest BCUT2D eigenvalue weighted by molar-refractivity contribution is 0.136. The molecule has 8 nitrogen and oxygen atoms in total. The molecule has 4 aromatic rings. The second-order valence-corrected chi connectivity index (χ2v) is 9.11. The van der Waals surface area contributed by atoms with Crippen LogP contribution < -0.4 is 10.2 Å². The summed E-state index contributed by atoms with van der Waals surface area (Å²) in [6.45, 7) is 7.06. The van der Waals surface area contributed by atoms with Crippen LogP contribution in [0.1, 0.15) is 6.92 Å². The van der Waals surface area contributed by atoms with E-state index in [0.29, 0.717) is 6.04 Å². The van der Waals surface area contributed by atoms with Crippen molar-refractivity contribution in [3.8, 4) is 11.3 Å². The van der Waals surface area contributed by atoms with Gasteiger partial charge in [0.2, 0.25) is 0 Å². The standard InChI is InChI=1S/C24H27N7OS/c1-17-16-30(13-14-32-2)11-12-31(17)19-7-10-26-22(15-19)29-24-28-21-4-3-20(27-23(21)33-24)18-5-8-25-9-6-18/h3-10,15,17H,11-14,16H2,1-2H3,(H,26,28,29). The van der Waals surface area contributed by atoms with Gasteiger partial charge in [0.05, 0.1) is 12.3 Å². The summed E-state index contributed by atoms with van der Waals surface area (Å²) in [5, 5.41) is 4.16. The molecule has 1 saturated heterocycles. The summed E-state index contributed by atoms with van der Waals surface area (Å²) in [4.78, 5) is 23.9. The Kier molecular flexibility index (Phi) is 6.43. The smallest absolute Gasteiger partial charge is 0.190 e. The summed E-state index contributed by atoms with van der Waals surface area (Å²) in [5.74, 6) is 0.787. The van der Waals surface area contributed by atoms with Crippen LogP contribution in [0.3, 0.4) is 0 Å². The van der Waals surface area contributed by atoms with Gasteiger partial charge < -0.3 is 15.0 Å². The molecule has 33 heavy (non-hydrogen) atoms. The van der Waals surface area contributed by atoms with Crippen LogP contribution in [-0.2, 0) is 4.74 Å². The summed E-state index contributed by atoms with van der Waals surface area (Å²) >= 11 is 1.53. The predicted molar refractivity (Wildman–Crippen MR) is 133 cm³/mol. The number of piperazine rings is 1. The minimum atomic E-state index is 0.420. The molecule has 1 aliphatic rings. The number of nitrogens with zero attached hydrogens (tertiary/aromatic N) is 6. The van der Waals surface area contributed by atoms with E-state index in [9.17, 15) is 0 Å². The first-order valence-corrected chi connectivity index (χ1v) is 11.9. The molecule has 0 saturated carbocycles. The summed E-state index contributed by atoms with van der Waals surface area (Å²) in [6.07, 6.45) is 5.41. The van der Waals surface area contributed by atoms with Crippen LogP contribution in [0.2, 0.25) is 0 Å². The molecule has 0 spiro atoms. The van der Waals surface area contributed by atoms with Gasteiger partial charge in [0.15, 0.2) is 5.13 Å². The highest BCUT2D eigenvalue weighted by atomic mass is 32.1. The number of fused-ring (bicyclic) bond motifs is 1. The highest BCUT2D eigenvalue weighted by molar-refractivity contribution is 7.21. The Bertz CT molecular complexity index is 1220. The molecule has 0 radical (unpaired) electrons. The minimum absolute atomic E-state index is 0.420. The Morgan fingerprint density at radius 1 is 1.09 bits per heavy atom. The van der Waals surface area contributed by atoms with Crippen molar-refractivity contribution in [2.24, 2.45) is 0 Å². The SMILES string of the molecule is COCCN1CCN(c2ccnc(Nc3nc4ccc(-c5ccncc5)nc4s3)c2)C(C)C1. The highest BCUT2D eigenvalue weighted by Crippen LogP contribution is 2.30. The minimum Gasteiger partial charge on any atom is -0.383 e. The number of aromatic nitrogens is 4. The average molecular weight is 462 g/mol. The highest BCUT2D eigenvalue weighted by Gasteiger charge is 2.24. The van der Waals surface area contributed by atoms with Crippen molar-refractivity contribution in [2.75, 3.05) is 50.1 Å². The lowest BCUT2D eigenvalue weighted by atomic mass is 10.1. The normalized spacial score (nSPS) is 16.9. The number of methoxy groups -OCH3 is 1. The fraction of sp³-hybridized carbons (Fsp3) is 0.333. The van der Waals surface area contributed by atoms with Crippen molar-refractivity contribution in [2.45, 2.75) is 13.0 Å². The van der Waals surface area contributed by atoms with E-state index in [4.69, 9.17) is 14.7 Å². The van der Waals surface area contributed by atoms with Crippen LogP contribution in [-0.4, -0.2) is 70.8 Å². The number of pyridine rings is 3. The van der Waals surface area contributed by atoms with Crippen LogP contribution >= 0.6 is 11.3 Å². The maximum Gasteiger partial charge on any atom is 0.190 e. The van der Waals surface area contributed by atoms with Gasteiger partial charge in [0.25, 0.3) is 0 Å². The lowest BCUT2D eigenvalue weighted by Gasteiger charge is -2.41. The summed E-state index contributed by atoms with van der Waals surface area (Å²) in [7, 11) is 1.76. The number of rotatable bonds is 7. The van der Waals surface area contributed by atoms with E-state index in [-0.39, 0.29) is 0 Å². The van der Waals surface area contributed by atoms with Crippen LogP contribution in [0.15, 0.2) is 55.0 Å². The van der Waals surface area contributed by atoms with Crippen molar-refractivity contribution in [1.82, 2.24) is 24.8 Å². The first-order chi connectivity index (χ1) is 16.2. The van der Waals surface area contributed by atoms with E-state index in [1.165, 1.54) is 17.0 Å². The molecule has 0 aliphatic carbocycles. The molecule has 1 N–H and O–H groups in total. The molecule has 0 bridgehead atoms. The van der Waals surface area contributed by atoms with E-state index >= 15 is 0 Å². The number of thiazole rings is 1. The Labute approximate surface area is 197 Å². The first kappa shape index (κ1) is 21.7. The second kappa shape index (κ2) is 9.78. The Balaban J connectivity index is 1.30. The summed E-state index contributed by atoms with van der Waals surface area (Å²) < 4.78 is 5.23. The van der Waals surface area contributed by atoms with Gasteiger partial charge in [-0.2, -0.15) is 0 Å². The third kappa shape index (κ3) is 4.95. The Hall–Kier alpha value is -3.14. The predicted octanol–water partition coefficient (Wildman–Crippen LogP) is 4.05. The van der Waals surface area contributed by atoms with Gasteiger partial charge in [-0.25, -0.2) is 15.0 Å². The number of hydrogen-bond acceptors (Lipinski definition) is 9. The number of ether oxygens (including phenoxy) is 1. The second-order valence-electron chi connectivity index (χ2n) is 8.14. The van der Waals surface area contributed by atoms with E-state index in [2.05, 4.69) is 44.1 Å². The van der Waals surface area contributed by atoms with Crippen molar-refractivity contribution in [1.29, 1.82) is 0 Å². The lowest BCUT2D eigenvalue weighted by Crippen LogP contribution is -2.52. The number of anilines is 3. The molecule has 5 rings (SSSR count). The van der Waals surface area contributed by atoms with Gasteiger partial charge >= 0.3 is 0 Å². The van der Waals surface area contributed by atoms with Crippen LogP contribution in [0, 0.1) is 0 Å². The molecule has 0 amide bonds. The van der Waals surface area contributed by atoms with Crippen molar-refractivity contribution >= 4 is 38.3 Å². The zero-order valence-electron chi connectivity index (χ0n) is 18.8. The molecule has 5 heterocycles. The van der Waals surface area contributed by atoms with Crippen LogP contribution in [0.4, 0.5) is 16.6 Å². The number of nitrogens with one attached hydrogen (secondary N) is 1. The average Bonchev–Trinajstić information content (AvgIpc) is 3.25. The Morgan fingerprint density at radius 3 is 2.79 bits per heavy atom. The maximum atomic E-state index is 5.23. The summed E-state index contributed by atoms with van der Waals surface area (Å²) in [6, 6.07) is 12.5. The van der Waals surface area contributed by atoms with E-state index < -0.39 is 0 Å². The molecule has 170 valence electrons. The molecule has 9 heteroatoms. The Morgan fingerprint density at radius 2 is 1.97 bits per heavy atom. The maximum absolute atomic E-state index is 5.23. The zero-order valence-corrected chi connectivity index (χ0v) is 19.6. The van der Waals surface area contributed by atoms with E-state index in [1.807, 2.05) is 30.5 Å². The third-order valence-electron chi connectivity index (χ3n) is 5.87.